The lowest BCUT2D eigenvalue weighted by atomic mass is 10.4. The van der Waals surface area contributed by atoms with Gasteiger partial charge < -0.3 is 10.8 Å². The Bertz CT molecular complexity index is 152. The number of rotatable bonds is 0. The van der Waals surface area contributed by atoms with Gasteiger partial charge in [-0.25, -0.2) is 4.79 Å². The van der Waals surface area contributed by atoms with Gasteiger partial charge in [-0.05, 0) is 6.08 Å². The Morgan fingerprint density at radius 1 is 2.00 bits per heavy atom. The molecule has 8 heavy (non-hydrogen) atoms. The van der Waals surface area contributed by atoms with Crippen LogP contribution in [0.3, 0.4) is 0 Å². The topological polar surface area (TPSA) is 66.6 Å². The predicted molar refractivity (Wildman–Crippen MR) is 27.0 cm³/mol. The first kappa shape index (κ1) is 4.96. The van der Waals surface area contributed by atoms with Crippen LogP contribution in [0.4, 0.5) is 4.79 Å². The molecule has 3 N–H and O–H groups in total. The van der Waals surface area contributed by atoms with Crippen LogP contribution in [0.1, 0.15) is 0 Å². The van der Waals surface area contributed by atoms with Crippen molar-refractivity contribution in [2.45, 2.75) is 0 Å². The van der Waals surface area contributed by atoms with Crippen molar-refractivity contribution in [2.24, 2.45) is 5.73 Å². The molecular weight excluding hydrogens is 108 g/mol. The Morgan fingerprint density at radius 2 is 2.62 bits per heavy atom. The Balaban J connectivity index is 2.55. The van der Waals surface area contributed by atoms with Crippen LogP contribution >= 0.6 is 0 Å². The van der Waals surface area contributed by atoms with E-state index in [1.807, 2.05) is 0 Å². The number of nitrogens with two attached hydrogens (primary N) is 1. The van der Waals surface area contributed by atoms with Gasteiger partial charge in [0.1, 0.15) is 0 Å². The van der Waals surface area contributed by atoms with E-state index in [4.69, 9.17) is 10.8 Å². The maximum absolute atomic E-state index is 10.1. The van der Waals surface area contributed by atoms with Crippen molar-refractivity contribution >= 4 is 6.03 Å². The average Bonchev–Trinajstić information content (AvgIpc) is 1.61. The summed E-state index contributed by atoms with van der Waals surface area (Å²) in [6.07, 6.45) is 1.50. The van der Waals surface area contributed by atoms with Gasteiger partial charge >= 0.3 is 6.03 Å². The number of hydrogen-bond donors (Lipinski definition) is 2. The molecule has 0 aromatic carbocycles. The number of hydrogen-bond acceptors (Lipinski definition) is 2. The van der Waals surface area contributed by atoms with Crippen LogP contribution in [0.2, 0.25) is 0 Å². The smallest absolute Gasteiger partial charge is 0.321 e. The lowest BCUT2D eigenvalue weighted by Crippen LogP contribution is -2.40. The highest BCUT2D eigenvalue weighted by molar-refractivity contribution is 5.75. The first-order chi connectivity index (χ1) is 3.72. The molecule has 4 heteroatoms. The molecule has 0 unspecified atom stereocenters. The third kappa shape index (κ3) is 0.501. The van der Waals surface area contributed by atoms with Crippen molar-refractivity contribution in [3.63, 3.8) is 0 Å². The van der Waals surface area contributed by atoms with E-state index in [2.05, 4.69) is 0 Å². The molecule has 0 saturated heterocycles. The number of carbonyl (C=O) groups is 1. The summed E-state index contributed by atoms with van der Waals surface area (Å²) in [6, 6.07) is -0.606. The summed E-state index contributed by atoms with van der Waals surface area (Å²) in [5, 5.41) is 8.56. The molecule has 0 fully saturated rings. The molecule has 0 bridgehead atoms. The van der Waals surface area contributed by atoms with Crippen LogP contribution in [-0.2, 0) is 0 Å². The minimum absolute atomic E-state index is 0.0440. The van der Waals surface area contributed by atoms with E-state index in [9.17, 15) is 4.79 Å². The minimum Gasteiger partial charge on any atom is -0.495 e. The number of urea groups is 1. The van der Waals surface area contributed by atoms with Crippen molar-refractivity contribution < 1.29 is 9.90 Å². The summed E-state index contributed by atoms with van der Waals surface area (Å²) in [5.74, 6) is -0.0440. The van der Waals surface area contributed by atoms with Crippen LogP contribution in [0, 0.1) is 0 Å². The van der Waals surface area contributed by atoms with Gasteiger partial charge in [-0.2, -0.15) is 0 Å². The molecule has 0 spiro atoms. The molecule has 1 aliphatic heterocycles. The molecule has 0 aliphatic carbocycles. The first-order valence-corrected chi connectivity index (χ1v) is 2.18. The lowest BCUT2D eigenvalue weighted by molar-refractivity contribution is 0.175. The van der Waals surface area contributed by atoms with Crippen molar-refractivity contribution in [1.82, 2.24) is 4.90 Å². The van der Waals surface area contributed by atoms with Gasteiger partial charge in [-0.1, -0.05) is 0 Å². The molecule has 4 nitrogen and oxygen atoms in total. The zero-order chi connectivity index (χ0) is 6.15. The van der Waals surface area contributed by atoms with Crippen LogP contribution in [0.15, 0.2) is 12.0 Å². The lowest BCUT2D eigenvalue weighted by Gasteiger charge is -2.24. The summed E-state index contributed by atoms with van der Waals surface area (Å²) >= 11 is 0. The average molecular weight is 114 g/mol. The normalized spacial score (nSPS) is 17.0. The van der Waals surface area contributed by atoms with Gasteiger partial charge in [0.05, 0.1) is 6.54 Å². The van der Waals surface area contributed by atoms with E-state index in [0.717, 1.165) is 4.90 Å². The van der Waals surface area contributed by atoms with Gasteiger partial charge in [-0.15, -0.1) is 0 Å². The van der Waals surface area contributed by atoms with E-state index in [1.165, 1.54) is 6.08 Å². The summed E-state index contributed by atoms with van der Waals surface area (Å²) in [5.41, 5.74) is 4.77. The highest BCUT2D eigenvalue weighted by Gasteiger charge is 2.19. The standard InChI is InChI=1S/C4H6N2O2/c5-4(8)6-2-1-3(6)7/h1,7H,2H2,(H2,5,8). The fraction of sp³-hybridized carbons (Fsp3) is 0.250. The molecule has 0 aromatic heterocycles. The second kappa shape index (κ2) is 1.40. The van der Waals surface area contributed by atoms with E-state index in [0.29, 0.717) is 6.54 Å². The summed E-state index contributed by atoms with van der Waals surface area (Å²) < 4.78 is 0. The Morgan fingerprint density at radius 3 is 2.62 bits per heavy atom. The Kier molecular flexibility index (Phi) is 0.865. The second-order valence-corrected chi connectivity index (χ2v) is 1.51. The zero-order valence-electron chi connectivity index (χ0n) is 4.16. The second-order valence-electron chi connectivity index (χ2n) is 1.51. The molecule has 2 amide bonds. The number of carbonyl (C=O) groups excluding carboxylic acids is 1. The van der Waals surface area contributed by atoms with Crippen molar-refractivity contribution in [1.29, 1.82) is 0 Å². The Hall–Kier alpha value is -1.19. The predicted octanol–water partition coefficient (Wildman–Crippen LogP) is -0.220. The molecule has 0 aromatic rings. The summed E-state index contributed by atoms with van der Waals surface area (Å²) in [4.78, 5) is 11.2. The first-order valence-electron chi connectivity index (χ1n) is 2.18. The zero-order valence-corrected chi connectivity index (χ0v) is 4.16. The molecule has 1 rings (SSSR count). The quantitative estimate of drug-likeness (QED) is 0.457. The molecule has 1 heterocycles. The van der Waals surface area contributed by atoms with Crippen molar-refractivity contribution in [2.75, 3.05) is 6.54 Å². The SMILES string of the molecule is NC(=O)N1CC=C1O. The summed E-state index contributed by atoms with van der Waals surface area (Å²) in [6.45, 7) is 0.432. The third-order valence-electron chi connectivity index (χ3n) is 0.999. The number of nitrogens with zero attached hydrogens (tertiary/aromatic N) is 1. The van der Waals surface area contributed by atoms with Crippen LogP contribution in [0.5, 0.6) is 0 Å². The maximum Gasteiger partial charge on any atom is 0.321 e. The maximum atomic E-state index is 10.1. The molecule has 0 atom stereocenters. The van der Waals surface area contributed by atoms with E-state index in [-0.39, 0.29) is 5.88 Å². The van der Waals surface area contributed by atoms with E-state index in [1.54, 1.807) is 0 Å². The number of aliphatic hydroxyl groups is 1. The van der Waals surface area contributed by atoms with Gasteiger partial charge in [-0.3, -0.25) is 4.90 Å². The van der Waals surface area contributed by atoms with Crippen molar-refractivity contribution in [3.05, 3.63) is 12.0 Å². The monoisotopic (exact) mass is 114 g/mol. The van der Waals surface area contributed by atoms with Crippen LogP contribution in [-0.4, -0.2) is 22.6 Å². The van der Waals surface area contributed by atoms with Gasteiger partial charge in [0.2, 0.25) is 0 Å². The molecule has 1 aliphatic rings. The van der Waals surface area contributed by atoms with Crippen LogP contribution in [0.25, 0.3) is 0 Å². The number of amides is 2. The van der Waals surface area contributed by atoms with Crippen LogP contribution < -0.4 is 5.73 Å². The number of aliphatic hydroxyl groups excluding tert-OH is 1. The summed E-state index contributed by atoms with van der Waals surface area (Å²) in [7, 11) is 0. The van der Waals surface area contributed by atoms with Gasteiger partial charge in [0.15, 0.2) is 5.88 Å². The fourth-order valence-electron chi connectivity index (χ4n) is 0.467. The third-order valence-corrected chi connectivity index (χ3v) is 0.999. The highest BCUT2D eigenvalue weighted by Crippen LogP contribution is 2.08. The van der Waals surface area contributed by atoms with Crippen molar-refractivity contribution in [3.8, 4) is 0 Å². The largest absolute Gasteiger partial charge is 0.495 e. The molecule has 0 saturated carbocycles. The number of primary amides is 1. The molecule has 0 radical (unpaired) electrons. The molecular formula is C4H6N2O2. The molecule has 44 valence electrons. The highest BCUT2D eigenvalue weighted by atomic mass is 16.3. The fourth-order valence-corrected chi connectivity index (χ4v) is 0.467. The van der Waals surface area contributed by atoms with E-state index < -0.39 is 6.03 Å². The van der Waals surface area contributed by atoms with Gasteiger partial charge in [0.25, 0.3) is 0 Å². The minimum atomic E-state index is -0.606. The van der Waals surface area contributed by atoms with E-state index >= 15 is 0 Å². The Labute approximate surface area is 46.2 Å². The van der Waals surface area contributed by atoms with Gasteiger partial charge in [0, 0.05) is 0 Å².